The molecule has 0 bridgehead atoms. The van der Waals surface area contributed by atoms with Crippen LogP contribution in [0.3, 0.4) is 0 Å². The topological polar surface area (TPSA) is 87.9 Å². The highest BCUT2D eigenvalue weighted by atomic mass is 32.1. The zero-order valence-electron chi connectivity index (χ0n) is 15.9. The second-order valence-corrected chi connectivity index (χ2v) is 8.09. The Balaban J connectivity index is 1.15. The summed E-state index contributed by atoms with van der Waals surface area (Å²) in [6.45, 7) is 1.56. The third-order valence-electron chi connectivity index (χ3n) is 5.56. The lowest BCUT2D eigenvalue weighted by molar-refractivity contribution is -0.132. The van der Waals surface area contributed by atoms with Gasteiger partial charge in [-0.2, -0.15) is 11.3 Å². The Morgan fingerprint density at radius 3 is 3.00 bits per heavy atom. The van der Waals surface area contributed by atoms with Crippen LogP contribution in [0.25, 0.3) is 22.5 Å². The van der Waals surface area contributed by atoms with E-state index in [2.05, 4.69) is 32.4 Å². The smallest absolute Gasteiger partial charge is 0.248 e. The van der Waals surface area contributed by atoms with E-state index in [0.29, 0.717) is 30.5 Å². The van der Waals surface area contributed by atoms with Crippen molar-refractivity contribution in [2.75, 3.05) is 13.1 Å². The first-order valence-electron chi connectivity index (χ1n) is 9.82. The molecule has 0 unspecified atom stereocenters. The molecule has 7 nitrogen and oxygen atoms in total. The van der Waals surface area contributed by atoms with Crippen molar-refractivity contribution in [3.8, 4) is 11.5 Å². The van der Waals surface area contributed by atoms with E-state index < -0.39 is 0 Å². The first-order chi connectivity index (χ1) is 14.3. The van der Waals surface area contributed by atoms with Gasteiger partial charge in [-0.25, -0.2) is 4.98 Å². The average Bonchev–Trinajstić information content (AvgIpc) is 3.52. The van der Waals surface area contributed by atoms with Crippen molar-refractivity contribution in [3.63, 3.8) is 0 Å². The van der Waals surface area contributed by atoms with Gasteiger partial charge in [0.25, 0.3) is 0 Å². The zero-order chi connectivity index (χ0) is 19.6. The number of nitrogens with zero attached hydrogens (tertiary/aromatic N) is 4. The summed E-state index contributed by atoms with van der Waals surface area (Å²) in [5.41, 5.74) is 3.17. The second-order valence-electron chi connectivity index (χ2n) is 7.31. The van der Waals surface area contributed by atoms with Gasteiger partial charge in [0.15, 0.2) is 0 Å². The minimum atomic E-state index is 0.152. The van der Waals surface area contributed by atoms with Crippen molar-refractivity contribution < 1.29 is 9.21 Å². The Morgan fingerprint density at radius 1 is 1.28 bits per heavy atom. The number of rotatable bonds is 5. The molecule has 4 aromatic rings. The van der Waals surface area contributed by atoms with E-state index in [1.807, 2.05) is 27.8 Å². The highest BCUT2D eigenvalue weighted by molar-refractivity contribution is 7.08. The normalized spacial score (nSPS) is 15.2. The van der Waals surface area contributed by atoms with Crippen LogP contribution < -0.4 is 0 Å². The second kappa shape index (κ2) is 7.79. The number of aromatic nitrogens is 4. The lowest BCUT2D eigenvalue weighted by Crippen LogP contribution is -2.38. The number of H-pyrrole nitrogens is 1. The van der Waals surface area contributed by atoms with Gasteiger partial charge < -0.3 is 14.3 Å². The quantitative estimate of drug-likeness (QED) is 0.540. The number of aromatic amines is 1. The Hall–Kier alpha value is -3.00. The summed E-state index contributed by atoms with van der Waals surface area (Å²) >= 11 is 1.59. The molecule has 1 amide bonds. The molecule has 5 heterocycles. The van der Waals surface area contributed by atoms with E-state index >= 15 is 0 Å². The van der Waals surface area contributed by atoms with Gasteiger partial charge in [-0.3, -0.25) is 4.79 Å². The SMILES string of the molecule is O=C(CCc1nnc(-c2ccsc2)o1)N1CCC(c2c[nH]c3ncccc23)CC1. The monoisotopic (exact) mass is 407 g/mol. The molecule has 1 fully saturated rings. The summed E-state index contributed by atoms with van der Waals surface area (Å²) < 4.78 is 5.68. The summed E-state index contributed by atoms with van der Waals surface area (Å²) in [6, 6.07) is 6.03. The maximum Gasteiger partial charge on any atom is 0.248 e. The number of hydrogen-bond acceptors (Lipinski definition) is 6. The van der Waals surface area contributed by atoms with Gasteiger partial charge in [-0.05, 0) is 47.9 Å². The molecule has 4 aromatic heterocycles. The van der Waals surface area contributed by atoms with E-state index in [1.165, 1.54) is 10.9 Å². The number of fused-ring (bicyclic) bond motifs is 1. The van der Waals surface area contributed by atoms with Crippen LogP contribution in [0.2, 0.25) is 0 Å². The van der Waals surface area contributed by atoms with Crippen LogP contribution in [0.5, 0.6) is 0 Å². The summed E-state index contributed by atoms with van der Waals surface area (Å²) in [4.78, 5) is 22.2. The van der Waals surface area contributed by atoms with Gasteiger partial charge in [0.1, 0.15) is 5.65 Å². The number of carbonyl (C=O) groups is 1. The van der Waals surface area contributed by atoms with Crippen molar-refractivity contribution in [3.05, 3.63) is 52.8 Å². The molecule has 5 rings (SSSR count). The van der Waals surface area contributed by atoms with Crippen molar-refractivity contribution in [1.29, 1.82) is 0 Å². The summed E-state index contributed by atoms with van der Waals surface area (Å²) in [7, 11) is 0. The van der Waals surface area contributed by atoms with E-state index in [9.17, 15) is 4.79 Å². The fourth-order valence-electron chi connectivity index (χ4n) is 3.98. The molecule has 0 aliphatic carbocycles. The first-order valence-corrected chi connectivity index (χ1v) is 10.8. The molecular weight excluding hydrogens is 386 g/mol. The lowest BCUT2D eigenvalue weighted by atomic mass is 9.89. The molecule has 0 aromatic carbocycles. The van der Waals surface area contributed by atoms with E-state index in [4.69, 9.17) is 4.42 Å². The molecule has 1 aliphatic rings. The van der Waals surface area contributed by atoms with Crippen molar-refractivity contribution in [2.24, 2.45) is 0 Å². The average molecular weight is 407 g/mol. The molecular formula is C21H21N5O2S. The number of likely N-dealkylation sites (tertiary alicyclic amines) is 1. The summed E-state index contributed by atoms with van der Waals surface area (Å²) in [5.74, 6) is 1.64. The van der Waals surface area contributed by atoms with Gasteiger partial charge >= 0.3 is 0 Å². The van der Waals surface area contributed by atoms with Gasteiger partial charge in [-0.15, -0.1) is 10.2 Å². The molecule has 0 spiro atoms. The molecule has 148 valence electrons. The predicted molar refractivity (Wildman–Crippen MR) is 111 cm³/mol. The molecule has 1 aliphatic heterocycles. The number of piperidine rings is 1. The van der Waals surface area contributed by atoms with Gasteiger partial charge in [0, 0.05) is 54.7 Å². The van der Waals surface area contributed by atoms with Crippen molar-refractivity contribution >= 4 is 28.3 Å². The van der Waals surface area contributed by atoms with Crippen LogP contribution in [0.15, 0.2) is 45.8 Å². The summed E-state index contributed by atoms with van der Waals surface area (Å²) in [5, 5.41) is 13.3. The maximum absolute atomic E-state index is 12.6. The van der Waals surface area contributed by atoms with Crippen LogP contribution in [0, 0.1) is 0 Å². The number of hydrogen-bond donors (Lipinski definition) is 1. The number of amides is 1. The van der Waals surface area contributed by atoms with Gasteiger partial charge in [0.05, 0.1) is 0 Å². The third-order valence-corrected chi connectivity index (χ3v) is 6.24. The van der Waals surface area contributed by atoms with Crippen LogP contribution in [0.4, 0.5) is 0 Å². The number of carbonyl (C=O) groups excluding carboxylic acids is 1. The van der Waals surface area contributed by atoms with Crippen LogP contribution in [-0.4, -0.2) is 44.1 Å². The van der Waals surface area contributed by atoms with Crippen LogP contribution >= 0.6 is 11.3 Å². The Labute approximate surface area is 171 Å². The fourth-order valence-corrected chi connectivity index (χ4v) is 4.61. The molecule has 0 saturated carbocycles. The zero-order valence-corrected chi connectivity index (χ0v) is 16.7. The molecule has 1 saturated heterocycles. The van der Waals surface area contributed by atoms with Crippen LogP contribution in [-0.2, 0) is 11.2 Å². The van der Waals surface area contributed by atoms with E-state index in [0.717, 1.165) is 37.1 Å². The molecule has 29 heavy (non-hydrogen) atoms. The van der Waals surface area contributed by atoms with Crippen LogP contribution in [0.1, 0.15) is 36.6 Å². The van der Waals surface area contributed by atoms with Gasteiger partial charge in [0.2, 0.25) is 17.7 Å². The number of thiophene rings is 1. The number of aryl methyl sites for hydroxylation is 1. The Morgan fingerprint density at radius 2 is 2.17 bits per heavy atom. The lowest BCUT2D eigenvalue weighted by Gasteiger charge is -2.32. The number of nitrogens with one attached hydrogen (secondary N) is 1. The Bertz CT molecular complexity index is 1110. The largest absolute Gasteiger partial charge is 0.421 e. The highest BCUT2D eigenvalue weighted by Gasteiger charge is 2.25. The minimum absolute atomic E-state index is 0.152. The molecule has 0 radical (unpaired) electrons. The third kappa shape index (κ3) is 3.67. The number of pyridine rings is 1. The summed E-state index contributed by atoms with van der Waals surface area (Å²) in [6.07, 6.45) is 6.68. The van der Waals surface area contributed by atoms with Crippen molar-refractivity contribution in [1.82, 2.24) is 25.1 Å². The standard InChI is InChI=1S/C21H21N5O2S/c27-19(4-3-18-24-25-21(28-18)15-7-11-29-13-15)26-9-5-14(6-10-26)17-12-23-20-16(17)2-1-8-22-20/h1-2,7-8,11-14H,3-6,9-10H2,(H,22,23). The minimum Gasteiger partial charge on any atom is -0.421 e. The molecule has 0 atom stereocenters. The fraction of sp³-hybridized carbons (Fsp3) is 0.333. The predicted octanol–water partition coefficient (Wildman–Crippen LogP) is 4.01. The van der Waals surface area contributed by atoms with Crippen molar-refractivity contribution in [2.45, 2.75) is 31.6 Å². The maximum atomic E-state index is 12.6. The Kier molecular flexibility index (Phi) is 4.85. The first kappa shape index (κ1) is 18.1. The van der Waals surface area contributed by atoms with Gasteiger partial charge in [-0.1, -0.05) is 0 Å². The molecule has 8 heteroatoms. The van der Waals surface area contributed by atoms with E-state index in [-0.39, 0.29) is 5.91 Å². The highest BCUT2D eigenvalue weighted by Crippen LogP contribution is 2.32. The van der Waals surface area contributed by atoms with E-state index in [1.54, 1.807) is 17.5 Å². The molecule has 1 N–H and O–H groups in total.